The number of aryl methyl sites for hydroxylation is 1. The van der Waals surface area contributed by atoms with E-state index in [1.165, 1.54) is 16.8 Å². The molecule has 4 aromatic rings. The van der Waals surface area contributed by atoms with Gasteiger partial charge in [-0.15, -0.1) is 0 Å². The number of carbonyl (C=O) groups is 2. The Kier molecular flexibility index (Phi) is 6.64. The first-order valence-electron chi connectivity index (χ1n) is 11.4. The fourth-order valence-corrected chi connectivity index (χ4v) is 4.53. The summed E-state index contributed by atoms with van der Waals surface area (Å²) in [6.45, 7) is 9.48. The minimum atomic E-state index is -1.22. The maximum Gasteiger partial charge on any atom is 0.335 e. The molecule has 2 heterocycles. The summed E-state index contributed by atoms with van der Waals surface area (Å²) in [6.07, 6.45) is 1.56. The molecule has 0 fully saturated rings. The number of carboxylic acid groups (broad SMARTS) is 2. The highest BCUT2D eigenvalue weighted by Crippen LogP contribution is 2.25. The molecule has 190 valence electrons. The number of nitrogens with zero attached hydrogens (tertiary/aromatic N) is 4. The van der Waals surface area contributed by atoms with Gasteiger partial charge < -0.3 is 14.8 Å². The fourth-order valence-electron chi connectivity index (χ4n) is 4.16. The molecule has 0 aliphatic rings. The second-order valence-corrected chi connectivity index (χ2v) is 10.7. The van der Waals surface area contributed by atoms with Crippen LogP contribution in [0.1, 0.15) is 64.3 Å². The highest BCUT2D eigenvalue weighted by Gasteiger charge is 2.23. The molecule has 10 heteroatoms. The van der Waals surface area contributed by atoms with Gasteiger partial charge in [-0.05, 0) is 56.3 Å². The number of halogens is 1. The lowest BCUT2D eigenvalue weighted by atomic mass is 9.95. The van der Waals surface area contributed by atoms with Gasteiger partial charge in [0.25, 0.3) is 5.56 Å². The summed E-state index contributed by atoms with van der Waals surface area (Å²) in [4.78, 5) is 41.3. The van der Waals surface area contributed by atoms with Crippen molar-refractivity contribution in [2.75, 3.05) is 0 Å². The minimum absolute atomic E-state index is 0.132. The molecule has 0 spiro atoms. The second-order valence-electron chi connectivity index (χ2n) is 9.75. The zero-order chi connectivity index (χ0) is 27.2. The van der Waals surface area contributed by atoms with Gasteiger partial charge in [-0.1, -0.05) is 36.7 Å². The van der Waals surface area contributed by atoms with Gasteiger partial charge in [0.2, 0.25) is 0 Å². The molecule has 0 aliphatic heterocycles. The molecule has 0 unspecified atom stereocenters. The van der Waals surface area contributed by atoms with Crippen molar-refractivity contribution in [2.45, 2.75) is 40.0 Å². The third-order valence-corrected chi connectivity index (χ3v) is 6.42. The fraction of sp³-hybridized carbons (Fsp3) is 0.222. The Hall–Kier alpha value is -4.05. The molecule has 2 aromatic carbocycles. The van der Waals surface area contributed by atoms with Crippen molar-refractivity contribution in [1.29, 1.82) is 0 Å². The number of rotatable bonds is 5. The van der Waals surface area contributed by atoms with Crippen LogP contribution in [0, 0.1) is 13.8 Å². The van der Waals surface area contributed by atoms with Gasteiger partial charge in [0.05, 0.1) is 28.2 Å². The highest BCUT2D eigenvalue weighted by atomic mass is 79.9. The lowest BCUT2D eigenvalue weighted by Gasteiger charge is -2.20. The van der Waals surface area contributed by atoms with Gasteiger partial charge in [0.15, 0.2) is 0 Å². The van der Waals surface area contributed by atoms with E-state index in [0.29, 0.717) is 33.7 Å². The van der Waals surface area contributed by atoms with Crippen molar-refractivity contribution in [1.82, 2.24) is 14.2 Å². The standard InChI is InChI=1S/C27H25BrN4O5/c1-14-8-18(15(2)31(14)20-10-16(24(34)35)9-17(11-20)25(36)37)13-29-32-23(33)21-12-19(28)6-7-22(21)30-26(32)27(3,4)5/h6-13H,1-5H3,(H,34,35)(H,36,37). The lowest BCUT2D eigenvalue weighted by Crippen LogP contribution is -2.29. The van der Waals surface area contributed by atoms with E-state index in [2.05, 4.69) is 21.0 Å². The van der Waals surface area contributed by atoms with Gasteiger partial charge in [0.1, 0.15) is 5.82 Å². The second kappa shape index (κ2) is 9.44. The summed E-state index contributed by atoms with van der Waals surface area (Å²) in [6, 6.07) is 11.1. The van der Waals surface area contributed by atoms with E-state index in [-0.39, 0.29) is 16.7 Å². The SMILES string of the molecule is Cc1cc(C=Nn2c(C(C)(C)C)nc3ccc(Br)cc3c2=O)c(C)n1-c1cc(C(=O)O)cc(C(=O)O)c1. The van der Waals surface area contributed by atoms with Crippen LogP contribution in [0.25, 0.3) is 16.6 Å². The summed E-state index contributed by atoms with van der Waals surface area (Å²) in [5, 5.41) is 23.9. The zero-order valence-electron chi connectivity index (χ0n) is 20.9. The van der Waals surface area contributed by atoms with Crippen molar-refractivity contribution in [3.05, 3.63) is 91.2 Å². The third kappa shape index (κ3) is 4.97. The van der Waals surface area contributed by atoms with Crippen LogP contribution in [-0.2, 0) is 5.41 Å². The normalized spacial score (nSPS) is 11.9. The van der Waals surface area contributed by atoms with E-state index in [4.69, 9.17) is 4.98 Å². The van der Waals surface area contributed by atoms with Gasteiger partial charge in [-0.3, -0.25) is 4.79 Å². The van der Waals surface area contributed by atoms with E-state index in [9.17, 15) is 24.6 Å². The third-order valence-electron chi connectivity index (χ3n) is 5.93. The first kappa shape index (κ1) is 26.0. The molecule has 0 saturated carbocycles. The topological polar surface area (TPSA) is 127 Å². The molecule has 0 radical (unpaired) electrons. The van der Waals surface area contributed by atoms with Gasteiger partial charge in [-0.25, -0.2) is 14.6 Å². The highest BCUT2D eigenvalue weighted by molar-refractivity contribution is 9.10. The van der Waals surface area contributed by atoms with Crippen LogP contribution in [-0.4, -0.2) is 42.6 Å². The summed E-state index contributed by atoms with van der Waals surface area (Å²) in [7, 11) is 0. The molecule has 2 N–H and O–H groups in total. The number of hydrogen-bond donors (Lipinski definition) is 2. The van der Waals surface area contributed by atoms with Crippen LogP contribution in [0.2, 0.25) is 0 Å². The average molecular weight is 565 g/mol. The van der Waals surface area contributed by atoms with Crippen LogP contribution in [0.4, 0.5) is 0 Å². The van der Waals surface area contributed by atoms with Crippen LogP contribution in [0.15, 0.2) is 56.8 Å². The summed E-state index contributed by atoms with van der Waals surface area (Å²) in [5.41, 5.74) is 2.05. The number of carboxylic acids is 2. The molecular weight excluding hydrogens is 540 g/mol. The quantitative estimate of drug-likeness (QED) is 0.323. The van der Waals surface area contributed by atoms with Crippen molar-refractivity contribution >= 4 is 45.0 Å². The summed E-state index contributed by atoms with van der Waals surface area (Å²) < 4.78 is 3.81. The van der Waals surface area contributed by atoms with Gasteiger partial charge >= 0.3 is 11.9 Å². The van der Waals surface area contributed by atoms with E-state index >= 15 is 0 Å². The maximum absolute atomic E-state index is 13.4. The summed E-state index contributed by atoms with van der Waals surface area (Å²) in [5.74, 6) is -1.95. The molecule has 4 rings (SSSR count). The number of aromatic nitrogens is 3. The number of hydrogen-bond acceptors (Lipinski definition) is 5. The van der Waals surface area contributed by atoms with Crippen LogP contribution < -0.4 is 5.56 Å². The van der Waals surface area contributed by atoms with Crippen molar-refractivity contribution in [3.63, 3.8) is 0 Å². The Balaban J connectivity index is 1.88. The number of fused-ring (bicyclic) bond motifs is 1. The Morgan fingerprint density at radius 2 is 1.62 bits per heavy atom. The largest absolute Gasteiger partial charge is 0.478 e. The molecule has 0 atom stereocenters. The molecule has 9 nitrogen and oxygen atoms in total. The smallest absolute Gasteiger partial charge is 0.335 e. The monoisotopic (exact) mass is 564 g/mol. The molecule has 0 amide bonds. The van der Waals surface area contributed by atoms with E-state index in [0.717, 1.165) is 16.2 Å². The van der Waals surface area contributed by atoms with E-state index in [1.807, 2.05) is 46.8 Å². The zero-order valence-corrected chi connectivity index (χ0v) is 22.5. The van der Waals surface area contributed by atoms with Gasteiger partial charge in [0, 0.05) is 32.5 Å². The Bertz CT molecular complexity index is 1640. The van der Waals surface area contributed by atoms with E-state index in [1.54, 1.807) is 22.9 Å². The van der Waals surface area contributed by atoms with Crippen molar-refractivity contribution in [2.24, 2.45) is 5.10 Å². The number of aromatic carboxylic acids is 2. The molecular formula is C27H25BrN4O5. The maximum atomic E-state index is 13.4. The lowest BCUT2D eigenvalue weighted by molar-refractivity contribution is 0.0696. The molecule has 0 aliphatic carbocycles. The van der Waals surface area contributed by atoms with Crippen LogP contribution in [0.5, 0.6) is 0 Å². The van der Waals surface area contributed by atoms with E-state index < -0.39 is 17.4 Å². The predicted octanol–water partition coefficient (Wildman–Crippen LogP) is 5.14. The number of benzene rings is 2. The molecule has 0 bridgehead atoms. The first-order chi connectivity index (χ1) is 17.3. The summed E-state index contributed by atoms with van der Waals surface area (Å²) >= 11 is 3.40. The minimum Gasteiger partial charge on any atom is -0.478 e. The van der Waals surface area contributed by atoms with Gasteiger partial charge in [-0.2, -0.15) is 9.78 Å². The Morgan fingerprint density at radius 1 is 1.00 bits per heavy atom. The average Bonchev–Trinajstić information content (AvgIpc) is 3.10. The first-order valence-corrected chi connectivity index (χ1v) is 12.2. The Labute approximate surface area is 220 Å². The molecule has 0 saturated heterocycles. The Morgan fingerprint density at radius 3 is 2.19 bits per heavy atom. The molecule has 37 heavy (non-hydrogen) atoms. The van der Waals surface area contributed by atoms with Crippen molar-refractivity contribution < 1.29 is 19.8 Å². The van der Waals surface area contributed by atoms with Crippen molar-refractivity contribution in [3.8, 4) is 5.69 Å². The van der Waals surface area contributed by atoms with Crippen LogP contribution >= 0.6 is 15.9 Å². The predicted molar refractivity (Wildman–Crippen MR) is 145 cm³/mol. The van der Waals surface area contributed by atoms with Crippen LogP contribution in [0.3, 0.4) is 0 Å². The molecule has 2 aromatic heterocycles.